The number of alkyl halides is 2. The minimum absolute atomic E-state index is 0.0144. The summed E-state index contributed by atoms with van der Waals surface area (Å²) in [5.74, 6) is 0. The number of hydrogen-bond donors (Lipinski definition) is 0. The third kappa shape index (κ3) is 2.24. The third-order valence-corrected chi connectivity index (χ3v) is 2.11. The van der Waals surface area contributed by atoms with Crippen LogP contribution in [0.25, 0.3) is 0 Å². The Labute approximate surface area is 77.8 Å². The van der Waals surface area contributed by atoms with Crippen LogP contribution in [-0.2, 0) is 0 Å². The van der Waals surface area contributed by atoms with E-state index in [9.17, 15) is 18.9 Å². The summed E-state index contributed by atoms with van der Waals surface area (Å²) in [7, 11) is 0. The van der Waals surface area contributed by atoms with Crippen molar-refractivity contribution in [1.29, 1.82) is 0 Å². The first-order valence-corrected chi connectivity index (χ1v) is 3.92. The van der Waals surface area contributed by atoms with Crippen molar-refractivity contribution in [2.75, 3.05) is 0 Å². The smallest absolute Gasteiger partial charge is 0.259 e. The van der Waals surface area contributed by atoms with E-state index < -0.39 is 16.9 Å². The highest BCUT2D eigenvalue weighted by Gasteiger charge is 2.24. The van der Waals surface area contributed by atoms with E-state index in [1.165, 1.54) is 0 Å². The largest absolute Gasteiger partial charge is 0.265 e. The van der Waals surface area contributed by atoms with Gasteiger partial charge in [-0.25, -0.2) is 8.78 Å². The molecule has 0 radical (unpaired) electrons. The summed E-state index contributed by atoms with van der Waals surface area (Å²) in [6.45, 7) is 0. The molecule has 0 amide bonds. The molecule has 0 aromatic carbocycles. The number of allylic oxidation sites excluding steroid dienone is 4. The molecule has 0 saturated heterocycles. The first-order valence-electron chi connectivity index (χ1n) is 3.54. The first-order chi connectivity index (χ1) is 6.02. The molecule has 0 atom stereocenters. The van der Waals surface area contributed by atoms with Crippen molar-refractivity contribution in [2.45, 2.75) is 19.3 Å². The molecule has 1 rings (SSSR count). The first kappa shape index (κ1) is 10.1. The lowest BCUT2D eigenvalue weighted by Gasteiger charge is -2.10. The van der Waals surface area contributed by atoms with E-state index >= 15 is 0 Å². The van der Waals surface area contributed by atoms with Crippen molar-refractivity contribution >= 4 is 11.6 Å². The fourth-order valence-electron chi connectivity index (χ4n) is 1.04. The Bertz CT molecular complexity index is 299. The average Bonchev–Trinajstić information content (AvgIpc) is 2.04. The number of nitrogens with zero attached hydrogens (tertiary/aromatic N) is 1. The average molecular weight is 210 g/mol. The van der Waals surface area contributed by atoms with E-state index in [1.54, 1.807) is 0 Å². The fourth-order valence-corrected chi connectivity index (χ4v) is 1.27. The molecule has 0 aliphatic heterocycles. The summed E-state index contributed by atoms with van der Waals surface area (Å²) in [6, 6.07) is 0. The number of hydrogen-bond acceptors (Lipinski definition) is 2. The minimum Gasteiger partial charge on any atom is -0.259 e. The van der Waals surface area contributed by atoms with Gasteiger partial charge >= 0.3 is 0 Å². The highest BCUT2D eigenvalue weighted by molar-refractivity contribution is 6.30. The molecule has 6 heteroatoms. The fraction of sp³-hybridized carbons (Fsp3) is 0.429. The molecule has 0 heterocycles. The molecule has 72 valence electrons. The summed E-state index contributed by atoms with van der Waals surface area (Å²) in [4.78, 5) is 9.59. The van der Waals surface area contributed by atoms with E-state index in [-0.39, 0.29) is 23.6 Å². The highest BCUT2D eigenvalue weighted by atomic mass is 35.5. The molecular formula is C7H6ClF2NO2. The van der Waals surface area contributed by atoms with Gasteiger partial charge in [0.15, 0.2) is 0 Å². The van der Waals surface area contributed by atoms with Crippen molar-refractivity contribution in [3.63, 3.8) is 0 Å². The maximum absolute atomic E-state index is 12.2. The molecular weight excluding hydrogens is 204 g/mol. The number of halogens is 3. The molecule has 0 spiro atoms. The second kappa shape index (κ2) is 3.83. The third-order valence-electron chi connectivity index (χ3n) is 1.71. The zero-order valence-corrected chi connectivity index (χ0v) is 7.22. The Hall–Kier alpha value is -0.970. The standard InChI is InChI=1S/C7H6ClF2NO2/c8-6-2-1-4(11(12)13)3-5(6)7(9)10/h3,7H,1-2H2. The Morgan fingerprint density at radius 1 is 1.54 bits per heavy atom. The van der Waals surface area contributed by atoms with Gasteiger partial charge < -0.3 is 0 Å². The number of rotatable bonds is 2. The normalized spacial score (nSPS) is 17.7. The summed E-state index contributed by atoms with van der Waals surface area (Å²) in [5, 5.41) is 10.3. The summed E-state index contributed by atoms with van der Waals surface area (Å²) in [6.07, 6.45) is -1.66. The molecule has 0 fully saturated rings. The number of nitro groups is 1. The Morgan fingerprint density at radius 2 is 2.15 bits per heavy atom. The lowest BCUT2D eigenvalue weighted by atomic mass is 10.0. The van der Waals surface area contributed by atoms with Gasteiger partial charge in [0.05, 0.1) is 4.92 Å². The molecule has 0 aromatic rings. The zero-order valence-electron chi connectivity index (χ0n) is 6.47. The van der Waals surface area contributed by atoms with Gasteiger partial charge in [-0.05, 0) is 6.42 Å². The molecule has 0 saturated carbocycles. The van der Waals surface area contributed by atoms with Crippen molar-refractivity contribution in [3.8, 4) is 0 Å². The van der Waals surface area contributed by atoms with Crippen molar-refractivity contribution in [3.05, 3.63) is 32.5 Å². The van der Waals surface area contributed by atoms with E-state index in [2.05, 4.69) is 0 Å². The van der Waals surface area contributed by atoms with Gasteiger partial charge in [0, 0.05) is 23.1 Å². The van der Waals surface area contributed by atoms with Crippen LogP contribution < -0.4 is 0 Å². The second-order valence-electron chi connectivity index (χ2n) is 2.55. The van der Waals surface area contributed by atoms with E-state index in [4.69, 9.17) is 11.6 Å². The quantitative estimate of drug-likeness (QED) is 0.518. The zero-order chi connectivity index (χ0) is 10.0. The lowest BCUT2D eigenvalue weighted by Crippen LogP contribution is -2.08. The molecule has 3 nitrogen and oxygen atoms in total. The van der Waals surface area contributed by atoms with Crippen LogP contribution in [0.4, 0.5) is 8.78 Å². The van der Waals surface area contributed by atoms with Crippen LogP contribution in [0.2, 0.25) is 0 Å². The van der Waals surface area contributed by atoms with Gasteiger partial charge in [0.25, 0.3) is 6.43 Å². The lowest BCUT2D eigenvalue weighted by molar-refractivity contribution is -0.428. The van der Waals surface area contributed by atoms with Gasteiger partial charge in [0.1, 0.15) is 0 Å². The Balaban J connectivity index is 2.98. The molecule has 0 aromatic heterocycles. The minimum atomic E-state index is -2.75. The van der Waals surface area contributed by atoms with Crippen molar-refractivity contribution < 1.29 is 13.7 Å². The summed E-state index contributed by atoms with van der Waals surface area (Å²) >= 11 is 5.48. The molecule has 1 aliphatic carbocycles. The van der Waals surface area contributed by atoms with Crippen LogP contribution in [-0.4, -0.2) is 11.3 Å². The molecule has 0 unspecified atom stereocenters. The Morgan fingerprint density at radius 3 is 2.62 bits per heavy atom. The maximum Gasteiger partial charge on any atom is 0.265 e. The van der Waals surface area contributed by atoms with E-state index in [1.807, 2.05) is 0 Å². The molecule has 0 bridgehead atoms. The van der Waals surface area contributed by atoms with Crippen molar-refractivity contribution in [2.24, 2.45) is 0 Å². The van der Waals surface area contributed by atoms with Crippen LogP contribution in [0.3, 0.4) is 0 Å². The van der Waals surface area contributed by atoms with Gasteiger partial charge in [-0.15, -0.1) is 0 Å². The van der Waals surface area contributed by atoms with Gasteiger partial charge in [0.2, 0.25) is 5.70 Å². The van der Waals surface area contributed by atoms with Gasteiger partial charge in [-0.3, -0.25) is 10.1 Å². The highest BCUT2D eigenvalue weighted by Crippen LogP contribution is 2.30. The Kier molecular flexibility index (Phi) is 2.98. The van der Waals surface area contributed by atoms with E-state index in [0.29, 0.717) is 0 Å². The summed E-state index contributed by atoms with van der Waals surface area (Å²) in [5.41, 5.74) is -0.640. The van der Waals surface area contributed by atoms with Crippen molar-refractivity contribution in [1.82, 2.24) is 0 Å². The second-order valence-corrected chi connectivity index (χ2v) is 3.01. The van der Waals surface area contributed by atoms with Gasteiger partial charge in [-0.2, -0.15) is 0 Å². The molecule has 13 heavy (non-hydrogen) atoms. The molecule has 0 N–H and O–H groups in total. The van der Waals surface area contributed by atoms with Crippen LogP contribution >= 0.6 is 11.6 Å². The van der Waals surface area contributed by atoms with Crippen LogP contribution in [0.15, 0.2) is 22.4 Å². The van der Waals surface area contributed by atoms with Crippen LogP contribution in [0, 0.1) is 10.1 Å². The van der Waals surface area contributed by atoms with E-state index in [0.717, 1.165) is 6.08 Å². The predicted molar refractivity (Wildman–Crippen MR) is 43.2 cm³/mol. The summed E-state index contributed by atoms with van der Waals surface area (Å²) < 4.78 is 24.4. The van der Waals surface area contributed by atoms with Crippen LogP contribution in [0.5, 0.6) is 0 Å². The maximum atomic E-state index is 12.2. The SMILES string of the molecule is O=[N+]([O-])C1=CC(C(F)F)=C(Cl)CC1. The topological polar surface area (TPSA) is 43.1 Å². The molecule has 1 aliphatic rings. The van der Waals surface area contributed by atoms with Gasteiger partial charge in [-0.1, -0.05) is 11.6 Å². The predicted octanol–water partition coefficient (Wildman–Crippen LogP) is 2.70. The van der Waals surface area contributed by atoms with Crippen LogP contribution in [0.1, 0.15) is 12.8 Å². The monoisotopic (exact) mass is 209 g/mol.